The molecule has 2 amide bonds. The van der Waals surface area contributed by atoms with Crippen LogP contribution < -0.4 is 10.6 Å². The van der Waals surface area contributed by atoms with Crippen LogP contribution in [0, 0.1) is 0 Å². The number of halogens is 2. The van der Waals surface area contributed by atoms with Crippen LogP contribution in [0.25, 0.3) is 0 Å². The Balaban J connectivity index is 1.70. The number of nitrogens with one attached hydrogen (secondary N) is 2. The highest BCUT2D eigenvalue weighted by Gasteiger charge is 2.13. The fourth-order valence-corrected chi connectivity index (χ4v) is 3.04. The average molecular weight is 422 g/mol. The largest absolute Gasteiger partial charge is 0.353 e. The second-order valence-electron chi connectivity index (χ2n) is 6.84. The van der Waals surface area contributed by atoms with E-state index in [9.17, 15) is 9.59 Å². The topological polar surface area (TPSA) is 61.4 Å². The molecule has 0 aliphatic carbocycles. The predicted molar refractivity (Wildman–Crippen MR) is 115 cm³/mol. The zero-order chi connectivity index (χ0) is 20.5. The Bertz CT molecular complexity index is 799. The SMILES string of the molecule is C[C@@H](CCc1ccccc1)NC(=O)CN(C)CC(=O)Nc1ccc(Cl)c(Cl)c1. The van der Waals surface area contributed by atoms with Gasteiger partial charge in [-0.05, 0) is 50.6 Å². The Morgan fingerprint density at radius 1 is 1.00 bits per heavy atom. The monoisotopic (exact) mass is 421 g/mol. The van der Waals surface area contributed by atoms with E-state index in [0.717, 1.165) is 12.8 Å². The minimum Gasteiger partial charge on any atom is -0.353 e. The number of likely N-dealkylation sites (N-methyl/N-ethyl adjacent to an activating group) is 1. The summed E-state index contributed by atoms with van der Waals surface area (Å²) in [6.07, 6.45) is 1.77. The van der Waals surface area contributed by atoms with Crippen molar-refractivity contribution in [1.82, 2.24) is 10.2 Å². The van der Waals surface area contributed by atoms with Gasteiger partial charge < -0.3 is 10.6 Å². The maximum atomic E-state index is 12.2. The molecule has 0 aromatic heterocycles. The average Bonchev–Trinajstić information content (AvgIpc) is 2.63. The van der Waals surface area contributed by atoms with Crippen LogP contribution in [0.15, 0.2) is 48.5 Å². The molecule has 2 aromatic rings. The van der Waals surface area contributed by atoms with E-state index in [2.05, 4.69) is 22.8 Å². The predicted octanol–water partition coefficient (Wildman–Crippen LogP) is 4.00. The van der Waals surface area contributed by atoms with Crippen LogP contribution in [0.3, 0.4) is 0 Å². The lowest BCUT2D eigenvalue weighted by molar-refractivity contribution is -0.123. The van der Waals surface area contributed by atoms with Crippen LogP contribution in [0.2, 0.25) is 10.0 Å². The molecule has 0 fully saturated rings. The van der Waals surface area contributed by atoms with E-state index >= 15 is 0 Å². The van der Waals surface area contributed by atoms with Crippen molar-refractivity contribution in [3.63, 3.8) is 0 Å². The molecule has 0 aliphatic heterocycles. The van der Waals surface area contributed by atoms with Crippen molar-refractivity contribution in [2.24, 2.45) is 0 Å². The number of nitrogens with zero attached hydrogens (tertiary/aromatic N) is 1. The standard InChI is InChI=1S/C21H25Cl2N3O2/c1-15(8-9-16-6-4-3-5-7-16)24-20(27)13-26(2)14-21(28)25-17-10-11-18(22)19(23)12-17/h3-7,10-12,15H,8-9,13-14H2,1-2H3,(H,24,27)(H,25,28)/t15-/m0/s1. The highest BCUT2D eigenvalue weighted by atomic mass is 35.5. The van der Waals surface area contributed by atoms with Gasteiger partial charge in [-0.1, -0.05) is 53.5 Å². The number of carbonyl (C=O) groups is 2. The minimum absolute atomic E-state index is 0.0612. The van der Waals surface area contributed by atoms with Crippen LogP contribution in [-0.4, -0.2) is 42.9 Å². The Morgan fingerprint density at radius 3 is 2.36 bits per heavy atom. The van der Waals surface area contributed by atoms with Crippen molar-refractivity contribution in [2.75, 3.05) is 25.5 Å². The van der Waals surface area contributed by atoms with Crippen LogP contribution in [0.5, 0.6) is 0 Å². The summed E-state index contributed by atoms with van der Waals surface area (Å²) in [5.41, 5.74) is 1.81. The normalized spacial score (nSPS) is 11.9. The van der Waals surface area contributed by atoms with E-state index in [1.807, 2.05) is 25.1 Å². The first kappa shape index (κ1) is 22.2. The van der Waals surface area contributed by atoms with Gasteiger partial charge in [-0.25, -0.2) is 0 Å². The van der Waals surface area contributed by atoms with Gasteiger partial charge in [-0.3, -0.25) is 14.5 Å². The quantitative estimate of drug-likeness (QED) is 0.642. The first-order chi connectivity index (χ1) is 13.3. The molecule has 2 rings (SSSR count). The molecule has 1 atom stereocenters. The Hall–Kier alpha value is -2.08. The molecule has 0 bridgehead atoms. The molecule has 0 saturated heterocycles. The molecule has 7 heteroatoms. The van der Waals surface area contributed by atoms with E-state index in [1.54, 1.807) is 30.1 Å². The Kier molecular flexibility index (Phi) is 8.77. The van der Waals surface area contributed by atoms with Gasteiger partial charge >= 0.3 is 0 Å². The summed E-state index contributed by atoms with van der Waals surface area (Å²) in [4.78, 5) is 26.0. The van der Waals surface area contributed by atoms with Crippen molar-refractivity contribution in [3.8, 4) is 0 Å². The van der Waals surface area contributed by atoms with Crippen molar-refractivity contribution in [3.05, 3.63) is 64.1 Å². The van der Waals surface area contributed by atoms with E-state index in [0.29, 0.717) is 15.7 Å². The third kappa shape index (κ3) is 7.89. The molecule has 28 heavy (non-hydrogen) atoms. The molecule has 2 N–H and O–H groups in total. The van der Waals surface area contributed by atoms with E-state index in [1.165, 1.54) is 5.56 Å². The van der Waals surface area contributed by atoms with Crippen LogP contribution >= 0.6 is 23.2 Å². The maximum absolute atomic E-state index is 12.2. The van der Waals surface area contributed by atoms with Crippen molar-refractivity contribution in [2.45, 2.75) is 25.8 Å². The number of rotatable bonds is 9. The van der Waals surface area contributed by atoms with E-state index in [4.69, 9.17) is 23.2 Å². The lowest BCUT2D eigenvalue weighted by atomic mass is 10.1. The number of hydrogen-bond donors (Lipinski definition) is 2. The molecule has 2 aromatic carbocycles. The molecule has 150 valence electrons. The van der Waals surface area contributed by atoms with Crippen molar-refractivity contribution < 1.29 is 9.59 Å². The van der Waals surface area contributed by atoms with Gasteiger partial charge in [-0.15, -0.1) is 0 Å². The van der Waals surface area contributed by atoms with Gasteiger partial charge in [0.1, 0.15) is 0 Å². The van der Waals surface area contributed by atoms with E-state index in [-0.39, 0.29) is 30.9 Å². The molecular weight excluding hydrogens is 397 g/mol. The third-order valence-corrected chi connectivity index (χ3v) is 4.89. The van der Waals surface area contributed by atoms with E-state index < -0.39 is 0 Å². The Labute approximate surface area is 176 Å². The maximum Gasteiger partial charge on any atom is 0.238 e. The third-order valence-electron chi connectivity index (χ3n) is 4.15. The fraction of sp³-hybridized carbons (Fsp3) is 0.333. The highest BCUT2D eigenvalue weighted by Crippen LogP contribution is 2.24. The van der Waals surface area contributed by atoms with Gasteiger partial charge in [0, 0.05) is 11.7 Å². The van der Waals surface area contributed by atoms with Crippen LogP contribution in [-0.2, 0) is 16.0 Å². The summed E-state index contributed by atoms with van der Waals surface area (Å²) in [5.74, 6) is -0.337. The molecule has 0 aliphatic rings. The summed E-state index contributed by atoms with van der Waals surface area (Å²) in [7, 11) is 1.72. The van der Waals surface area contributed by atoms with Gasteiger partial charge in [-0.2, -0.15) is 0 Å². The van der Waals surface area contributed by atoms with Crippen molar-refractivity contribution in [1.29, 1.82) is 0 Å². The van der Waals surface area contributed by atoms with Crippen molar-refractivity contribution >= 4 is 40.7 Å². The number of hydrogen-bond acceptors (Lipinski definition) is 3. The van der Waals surface area contributed by atoms with Gasteiger partial charge in [0.15, 0.2) is 0 Å². The molecular formula is C21H25Cl2N3O2. The first-order valence-corrected chi connectivity index (χ1v) is 9.86. The molecule has 0 radical (unpaired) electrons. The summed E-state index contributed by atoms with van der Waals surface area (Å²) < 4.78 is 0. The van der Waals surface area contributed by atoms with Gasteiger partial charge in [0.05, 0.1) is 23.1 Å². The number of amides is 2. The highest BCUT2D eigenvalue weighted by molar-refractivity contribution is 6.42. The summed E-state index contributed by atoms with van der Waals surface area (Å²) in [6, 6.07) is 15.1. The second kappa shape index (κ2) is 11.1. The number of aryl methyl sites for hydroxylation is 1. The number of benzene rings is 2. The summed E-state index contributed by atoms with van der Waals surface area (Å²) in [6.45, 7) is 2.22. The fourth-order valence-electron chi connectivity index (χ4n) is 2.74. The molecule has 0 unspecified atom stereocenters. The Morgan fingerprint density at radius 2 is 1.68 bits per heavy atom. The zero-order valence-electron chi connectivity index (χ0n) is 16.0. The number of carbonyl (C=O) groups excluding carboxylic acids is 2. The number of anilines is 1. The zero-order valence-corrected chi connectivity index (χ0v) is 17.6. The van der Waals surface area contributed by atoms with Gasteiger partial charge in [0.2, 0.25) is 11.8 Å². The lowest BCUT2D eigenvalue weighted by Gasteiger charge is -2.19. The van der Waals surface area contributed by atoms with Crippen LogP contribution in [0.4, 0.5) is 5.69 Å². The molecule has 0 heterocycles. The summed E-state index contributed by atoms with van der Waals surface area (Å²) in [5, 5.41) is 6.51. The molecule has 5 nitrogen and oxygen atoms in total. The second-order valence-corrected chi connectivity index (χ2v) is 7.66. The minimum atomic E-state index is -0.231. The smallest absolute Gasteiger partial charge is 0.238 e. The van der Waals surface area contributed by atoms with Crippen LogP contribution in [0.1, 0.15) is 18.9 Å². The summed E-state index contributed by atoms with van der Waals surface area (Å²) >= 11 is 11.8. The first-order valence-electron chi connectivity index (χ1n) is 9.10. The molecule has 0 spiro atoms. The lowest BCUT2D eigenvalue weighted by Crippen LogP contribution is -2.42. The molecule has 0 saturated carbocycles. The van der Waals surface area contributed by atoms with Gasteiger partial charge in [0.25, 0.3) is 0 Å².